The van der Waals surface area contributed by atoms with Crippen LogP contribution in [0.15, 0.2) is 24.3 Å². The Morgan fingerprint density at radius 2 is 1.84 bits per heavy atom. The van der Waals surface area contributed by atoms with Crippen LogP contribution in [0.5, 0.6) is 0 Å². The third-order valence-corrected chi connectivity index (χ3v) is 12.3. The fourth-order valence-corrected chi connectivity index (χ4v) is 10.2. The maximum absolute atomic E-state index is 6.30. The molecule has 0 spiro atoms. The fraction of sp³-hybridized carbons (Fsp3) is 0.781. The summed E-state index contributed by atoms with van der Waals surface area (Å²) in [6.07, 6.45) is 21.2. The lowest BCUT2D eigenvalue weighted by molar-refractivity contribution is -0.0522. The average molecular weight is 523 g/mol. The molecule has 0 radical (unpaired) electrons. The quantitative estimate of drug-likeness (QED) is 0.280. The Morgan fingerprint density at radius 3 is 2.65 bits per heavy atom. The Hall–Kier alpha value is -1.42. The molecule has 5 heteroatoms. The molecule has 2 aromatic rings. The van der Waals surface area contributed by atoms with E-state index in [1.807, 2.05) is 6.33 Å². The highest BCUT2D eigenvalue weighted by atomic mass is 35.5. The molecule has 202 valence electrons. The van der Waals surface area contributed by atoms with Gasteiger partial charge in [0.25, 0.3) is 0 Å². The van der Waals surface area contributed by atoms with Gasteiger partial charge in [0, 0.05) is 6.04 Å². The first-order valence-corrected chi connectivity index (χ1v) is 15.6. The van der Waals surface area contributed by atoms with Crippen LogP contribution in [-0.2, 0) is 0 Å². The lowest BCUT2D eigenvalue weighted by atomic mass is 9.47. The molecule has 0 bridgehead atoms. The second-order valence-electron chi connectivity index (χ2n) is 14.2. The molecule has 0 aliphatic heterocycles. The SMILES string of the molecule is CC(C)CCCC(C)C1CCC2C3CC=C4C[C@@H](n5cnc6c(Cl)ncnc65)CC[C@]4(C)C3CC[C@]12C. The number of rotatable bonds is 6. The molecule has 3 saturated carbocycles. The molecule has 4 aliphatic rings. The minimum Gasteiger partial charge on any atom is -0.312 e. The van der Waals surface area contributed by atoms with E-state index in [1.54, 1.807) is 11.9 Å². The highest BCUT2D eigenvalue weighted by Crippen LogP contribution is 2.67. The summed E-state index contributed by atoms with van der Waals surface area (Å²) in [7, 11) is 0. The maximum Gasteiger partial charge on any atom is 0.165 e. The predicted octanol–water partition coefficient (Wildman–Crippen LogP) is 9.06. The second-order valence-corrected chi connectivity index (χ2v) is 14.5. The molecule has 5 unspecified atom stereocenters. The van der Waals surface area contributed by atoms with E-state index in [9.17, 15) is 0 Å². The van der Waals surface area contributed by atoms with Crippen LogP contribution in [0.2, 0.25) is 5.15 Å². The number of allylic oxidation sites excluding steroid dienone is 2. The van der Waals surface area contributed by atoms with Gasteiger partial charge in [0.2, 0.25) is 0 Å². The zero-order chi connectivity index (χ0) is 25.9. The Labute approximate surface area is 229 Å². The van der Waals surface area contributed by atoms with E-state index >= 15 is 0 Å². The summed E-state index contributed by atoms with van der Waals surface area (Å²) in [4.78, 5) is 13.2. The van der Waals surface area contributed by atoms with Gasteiger partial charge in [-0.3, -0.25) is 0 Å². The summed E-state index contributed by atoms with van der Waals surface area (Å²) in [5.41, 5.74) is 4.26. The summed E-state index contributed by atoms with van der Waals surface area (Å²) in [5, 5.41) is 0.457. The highest BCUT2D eigenvalue weighted by Gasteiger charge is 2.59. The lowest BCUT2D eigenvalue weighted by Crippen LogP contribution is -2.50. The molecular formula is C32H47ClN4. The van der Waals surface area contributed by atoms with Crippen molar-refractivity contribution < 1.29 is 0 Å². The standard InChI is InChI=1S/C32H47ClN4/c1-20(2)7-6-8-21(3)25-11-12-26-24-10-9-22-17-23(37-19-36-28-29(33)34-18-35-30(28)37)13-15-31(22,4)27(24)14-16-32(25,26)5/h9,18-21,23-27H,6-8,10-17H2,1-5H3/t21?,23-,24?,25?,26?,27?,31-,32+/m0/s1. The van der Waals surface area contributed by atoms with E-state index in [0.29, 0.717) is 22.0 Å². The predicted molar refractivity (Wildman–Crippen MR) is 152 cm³/mol. The average Bonchev–Trinajstić information content (AvgIpc) is 3.45. The molecule has 37 heavy (non-hydrogen) atoms. The Balaban J connectivity index is 1.20. The summed E-state index contributed by atoms with van der Waals surface area (Å²) in [6.45, 7) is 12.7. The van der Waals surface area contributed by atoms with Gasteiger partial charge >= 0.3 is 0 Å². The normalized spacial score (nSPS) is 38.2. The molecule has 4 aliphatic carbocycles. The number of nitrogens with zero attached hydrogens (tertiary/aromatic N) is 4. The molecule has 8 atom stereocenters. The van der Waals surface area contributed by atoms with Crippen molar-refractivity contribution in [2.45, 2.75) is 111 Å². The van der Waals surface area contributed by atoms with Gasteiger partial charge in [-0.25, -0.2) is 15.0 Å². The van der Waals surface area contributed by atoms with Crippen LogP contribution < -0.4 is 0 Å². The molecular weight excluding hydrogens is 476 g/mol. The second kappa shape index (κ2) is 9.65. The van der Waals surface area contributed by atoms with Gasteiger partial charge < -0.3 is 4.57 Å². The third-order valence-electron chi connectivity index (χ3n) is 12.0. The molecule has 6 rings (SSSR count). The molecule has 0 N–H and O–H groups in total. The van der Waals surface area contributed by atoms with Gasteiger partial charge in [-0.15, -0.1) is 0 Å². The van der Waals surface area contributed by atoms with Crippen molar-refractivity contribution in [1.29, 1.82) is 0 Å². The topological polar surface area (TPSA) is 43.6 Å². The van der Waals surface area contributed by atoms with Crippen LogP contribution >= 0.6 is 11.6 Å². The van der Waals surface area contributed by atoms with E-state index in [0.717, 1.165) is 53.1 Å². The van der Waals surface area contributed by atoms with Crippen LogP contribution in [0, 0.1) is 46.3 Å². The van der Waals surface area contributed by atoms with Gasteiger partial charge in [0.1, 0.15) is 11.8 Å². The van der Waals surface area contributed by atoms with Gasteiger partial charge in [-0.05, 0) is 97.7 Å². The van der Waals surface area contributed by atoms with Crippen molar-refractivity contribution in [2.75, 3.05) is 0 Å². The number of hydrogen-bond donors (Lipinski definition) is 0. The van der Waals surface area contributed by atoms with Crippen LogP contribution in [0.4, 0.5) is 0 Å². The molecule has 0 amide bonds. The van der Waals surface area contributed by atoms with Crippen molar-refractivity contribution in [3.05, 3.63) is 29.5 Å². The molecule has 0 saturated heterocycles. The van der Waals surface area contributed by atoms with Crippen LogP contribution in [0.1, 0.15) is 111 Å². The molecule has 0 aromatic carbocycles. The van der Waals surface area contributed by atoms with E-state index in [2.05, 4.69) is 60.2 Å². The van der Waals surface area contributed by atoms with Gasteiger partial charge in [0.15, 0.2) is 10.8 Å². The van der Waals surface area contributed by atoms with E-state index in [-0.39, 0.29) is 0 Å². The van der Waals surface area contributed by atoms with Crippen LogP contribution in [0.3, 0.4) is 0 Å². The molecule has 2 heterocycles. The largest absolute Gasteiger partial charge is 0.312 e. The van der Waals surface area contributed by atoms with Gasteiger partial charge in [-0.2, -0.15) is 0 Å². The Morgan fingerprint density at radius 1 is 1.00 bits per heavy atom. The van der Waals surface area contributed by atoms with Gasteiger partial charge in [0.05, 0.1) is 6.33 Å². The summed E-state index contributed by atoms with van der Waals surface area (Å²) in [5.74, 6) is 5.33. The van der Waals surface area contributed by atoms with Gasteiger partial charge in [-0.1, -0.05) is 77.1 Å². The van der Waals surface area contributed by atoms with Crippen molar-refractivity contribution >= 4 is 22.8 Å². The third kappa shape index (κ3) is 4.19. The fourth-order valence-electron chi connectivity index (χ4n) is 9.99. The van der Waals surface area contributed by atoms with Crippen molar-refractivity contribution in [3.8, 4) is 0 Å². The van der Waals surface area contributed by atoms with Crippen molar-refractivity contribution in [3.63, 3.8) is 0 Å². The molecule has 2 aromatic heterocycles. The van der Waals surface area contributed by atoms with Crippen molar-refractivity contribution in [2.24, 2.45) is 46.3 Å². The summed E-state index contributed by atoms with van der Waals surface area (Å²) >= 11 is 6.30. The Kier molecular flexibility index (Phi) is 6.74. The smallest absolute Gasteiger partial charge is 0.165 e. The maximum atomic E-state index is 6.30. The number of hydrogen-bond acceptors (Lipinski definition) is 3. The molecule has 3 fully saturated rings. The first kappa shape index (κ1) is 25.8. The number of imidazole rings is 1. The highest BCUT2D eigenvalue weighted by molar-refractivity contribution is 6.33. The minimum absolute atomic E-state index is 0.366. The van der Waals surface area contributed by atoms with Crippen LogP contribution in [-0.4, -0.2) is 19.5 Å². The Bertz CT molecular complexity index is 1170. The lowest BCUT2D eigenvalue weighted by Gasteiger charge is -2.58. The van der Waals surface area contributed by atoms with Crippen molar-refractivity contribution in [1.82, 2.24) is 19.5 Å². The number of halogens is 1. The van der Waals surface area contributed by atoms with E-state index in [4.69, 9.17) is 11.6 Å². The zero-order valence-electron chi connectivity index (χ0n) is 23.7. The van der Waals surface area contributed by atoms with E-state index in [1.165, 1.54) is 64.2 Å². The number of fused-ring (bicyclic) bond motifs is 6. The first-order valence-electron chi connectivity index (χ1n) is 15.2. The zero-order valence-corrected chi connectivity index (χ0v) is 24.5. The minimum atomic E-state index is 0.366. The van der Waals surface area contributed by atoms with Crippen LogP contribution in [0.25, 0.3) is 11.2 Å². The monoisotopic (exact) mass is 522 g/mol. The summed E-state index contributed by atoms with van der Waals surface area (Å²) < 4.78 is 2.27. The van der Waals surface area contributed by atoms with E-state index < -0.39 is 0 Å². The number of aromatic nitrogens is 4. The molecule has 4 nitrogen and oxygen atoms in total. The summed E-state index contributed by atoms with van der Waals surface area (Å²) in [6, 6.07) is 0.420. The first-order chi connectivity index (χ1) is 17.7.